The van der Waals surface area contributed by atoms with Crippen LogP contribution in [-0.2, 0) is 6.42 Å². The molecule has 0 fully saturated rings. The molecule has 1 aliphatic rings. The molecule has 0 saturated heterocycles. The first-order chi connectivity index (χ1) is 8.72. The molecule has 3 rings (SSSR count). The molecular weight excluding hydrogens is 228 g/mol. The maximum absolute atomic E-state index is 9.42. The maximum atomic E-state index is 9.42. The Balaban J connectivity index is 1.86. The second-order valence-corrected chi connectivity index (χ2v) is 4.53. The van der Waals surface area contributed by atoms with E-state index in [1.165, 1.54) is 0 Å². The van der Waals surface area contributed by atoms with Gasteiger partial charge in [-0.05, 0) is 54.3 Å². The largest absolute Gasteiger partial charge is 0.508 e. The number of phenols is 2. The van der Waals surface area contributed by atoms with Gasteiger partial charge >= 0.3 is 0 Å². The Morgan fingerprint density at radius 3 is 2.44 bits per heavy atom. The normalized spacial score (nSPS) is 17.9. The summed E-state index contributed by atoms with van der Waals surface area (Å²) < 4.78 is 5.92. The van der Waals surface area contributed by atoms with E-state index in [1.54, 1.807) is 30.3 Å². The number of hydrogen-bond acceptors (Lipinski definition) is 3. The number of benzene rings is 2. The molecule has 92 valence electrons. The zero-order valence-electron chi connectivity index (χ0n) is 9.84. The molecule has 3 heteroatoms. The summed E-state index contributed by atoms with van der Waals surface area (Å²) in [4.78, 5) is 0. The van der Waals surface area contributed by atoms with Gasteiger partial charge in [0.15, 0.2) is 0 Å². The number of phenolic OH excluding ortho intramolecular Hbond substituents is 2. The molecule has 0 saturated carbocycles. The average Bonchev–Trinajstić information content (AvgIpc) is 2.39. The minimum atomic E-state index is 0.0163. The minimum Gasteiger partial charge on any atom is -0.508 e. The van der Waals surface area contributed by atoms with E-state index in [4.69, 9.17) is 4.74 Å². The Labute approximate surface area is 105 Å². The minimum absolute atomic E-state index is 0.0163. The van der Waals surface area contributed by atoms with Gasteiger partial charge in [0.05, 0.1) is 0 Å². The SMILES string of the molecule is Oc1ccc([C@H]2CCc3cc(O)ccc3O2)cc1. The Bertz CT molecular complexity index is 560. The summed E-state index contributed by atoms with van der Waals surface area (Å²) in [7, 11) is 0. The highest BCUT2D eigenvalue weighted by Crippen LogP contribution is 2.36. The van der Waals surface area contributed by atoms with Gasteiger partial charge in [-0.15, -0.1) is 0 Å². The van der Waals surface area contributed by atoms with Crippen molar-refractivity contribution in [3.8, 4) is 17.2 Å². The first-order valence-electron chi connectivity index (χ1n) is 6.00. The number of aromatic hydroxyl groups is 2. The van der Waals surface area contributed by atoms with Crippen LogP contribution in [0.4, 0.5) is 0 Å². The number of fused-ring (bicyclic) bond motifs is 1. The zero-order valence-corrected chi connectivity index (χ0v) is 9.84. The monoisotopic (exact) mass is 242 g/mol. The molecule has 1 atom stereocenters. The van der Waals surface area contributed by atoms with E-state index in [-0.39, 0.29) is 17.6 Å². The quantitative estimate of drug-likeness (QED) is 0.807. The lowest BCUT2D eigenvalue weighted by atomic mass is 9.97. The Morgan fingerprint density at radius 2 is 1.67 bits per heavy atom. The standard InChI is InChI=1S/C15H14O3/c16-12-4-1-10(2-5-12)14-7-3-11-9-13(17)6-8-15(11)18-14/h1-2,4-6,8-9,14,16-17H,3,7H2/t14-/m1/s1. The number of rotatable bonds is 1. The van der Waals surface area contributed by atoms with Crippen molar-refractivity contribution in [2.24, 2.45) is 0 Å². The van der Waals surface area contributed by atoms with E-state index in [0.717, 1.165) is 29.7 Å². The summed E-state index contributed by atoms with van der Waals surface area (Å²) in [5.41, 5.74) is 2.11. The third-order valence-electron chi connectivity index (χ3n) is 3.25. The van der Waals surface area contributed by atoms with E-state index >= 15 is 0 Å². The fourth-order valence-electron chi connectivity index (χ4n) is 2.30. The molecule has 18 heavy (non-hydrogen) atoms. The molecule has 2 aromatic carbocycles. The average molecular weight is 242 g/mol. The van der Waals surface area contributed by atoms with Crippen molar-refractivity contribution >= 4 is 0 Å². The topological polar surface area (TPSA) is 49.7 Å². The zero-order chi connectivity index (χ0) is 12.5. The highest BCUT2D eigenvalue weighted by Gasteiger charge is 2.21. The van der Waals surface area contributed by atoms with E-state index in [9.17, 15) is 10.2 Å². The summed E-state index contributed by atoms with van der Waals surface area (Å²) in [5.74, 6) is 1.37. The Kier molecular flexibility index (Phi) is 2.59. The third-order valence-corrected chi connectivity index (χ3v) is 3.25. The van der Waals surface area contributed by atoms with Crippen molar-refractivity contribution in [2.45, 2.75) is 18.9 Å². The van der Waals surface area contributed by atoms with Gasteiger partial charge in [0.25, 0.3) is 0 Å². The molecule has 0 spiro atoms. The van der Waals surface area contributed by atoms with Crippen LogP contribution in [0.25, 0.3) is 0 Å². The van der Waals surface area contributed by atoms with Crippen molar-refractivity contribution in [3.05, 3.63) is 53.6 Å². The molecule has 1 heterocycles. The summed E-state index contributed by atoms with van der Waals surface area (Å²) in [5, 5.41) is 18.7. The molecule has 2 aromatic rings. The van der Waals surface area contributed by atoms with Crippen LogP contribution >= 0.6 is 0 Å². The second-order valence-electron chi connectivity index (χ2n) is 4.53. The molecule has 0 amide bonds. The van der Waals surface area contributed by atoms with Crippen LogP contribution in [0.5, 0.6) is 17.2 Å². The number of ether oxygens (including phenoxy) is 1. The van der Waals surface area contributed by atoms with Crippen LogP contribution in [-0.4, -0.2) is 10.2 Å². The van der Waals surface area contributed by atoms with E-state index < -0.39 is 0 Å². The maximum Gasteiger partial charge on any atom is 0.124 e. The molecule has 3 nitrogen and oxygen atoms in total. The molecule has 2 N–H and O–H groups in total. The molecule has 0 bridgehead atoms. The van der Waals surface area contributed by atoms with Crippen molar-refractivity contribution < 1.29 is 14.9 Å². The summed E-state index contributed by atoms with van der Waals surface area (Å²) >= 11 is 0. The van der Waals surface area contributed by atoms with Gasteiger partial charge in [0, 0.05) is 0 Å². The van der Waals surface area contributed by atoms with Gasteiger partial charge in [0.2, 0.25) is 0 Å². The highest BCUT2D eigenvalue weighted by atomic mass is 16.5. The van der Waals surface area contributed by atoms with Gasteiger partial charge in [-0.1, -0.05) is 12.1 Å². The lowest BCUT2D eigenvalue weighted by Gasteiger charge is -2.26. The lowest BCUT2D eigenvalue weighted by Crippen LogP contribution is -2.14. The number of hydrogen-bond donors (Lipinski definition) is 2. The van der Waals surface area contributed by atoms with Crippen LogP contribution in [0.3, 0.4) is 0 Å². The Hall–Kier alpha value is -2.16. The van der Waals surface area contributed by atoms with Gasteiger partial charge in [0.1, 0.15) is 23.4 Å². The Morgan fingerprint density at radius 1 is 0.944 bits per heavy atom. The van der Waals surface area contributed by atoms with Crippen LogP contribution in [0.1, 0.15) is 23.7 Å². The smallest absolute Gasteiger partial charge is 0.124 e. The van der Waals surface area contributed by atoms with Crippen LogP contribution in [0.2, 0.25) is 0 Å². The van der Waals surface area contributed by atoms with Crippen molar-refractivity contribution in [1.82, 2.24) is 0 Å². The van der Waals surface area contributed by atoms with Crippen LogP contribution in [0.15, 0.2) is 42.5 Å². The molecule has 1 aliphatic heterocycles. The fourth-order valence-corrected chi connectivity index (χ4v) is 2.30. The summed E-state index contributed by atoms with van der Waals surface area (Å²) in [6, 6.07) is 12.3. The first kappa shape index (κ1) is 11.0. The number of aryl methyl sites for hydroxylation is 1. The predicted octanol–water partition coefficient (Wildman–Crippen LogP) is 3.16. The molecule has 0 unspecified atom stereocenters. The third kappa shape index (κ3) is 1.99. The van der Waals surface area contributed by atoms with Crippen molar-refractivity contribution in [1.29, 1.82) is 0 Å². The molecule has 0 aromatic heterocycles. The van der Waals surface area contributed by atoms with Gasteiger partial charge in [-0.3, -0.25) is 0 Å². The highest BCUT2D eigenvalue weighted by molar-refractivity contribution is 5.42. The predicted molar refractivity (Wildman–Crippen MR) is 67.9 cm³/mol. The van der Waals surface area contributed by atoms with Crippen molar-refractivity contribution in [2.75, 3.05) is 0 Å². The second kappa shape index (κ2) is 4.26. The van der Waals surface area contributed by atoms with Crippen LogP contribution < -0.4 is 4.74 Å². The van der Waals surface area contributed by atoms with E-state index in [2.05, 4.69) is 0 Å². The van der Waals surface area contributed by atoms with E-state index in [1.807, 2.05) is 12.1 Å². The summed E-state index contributed by atoms with van der Waals surface area (Å²) in [6.07, 6.45) is 1.78. The summed E-state index contributed by atoms with van der Waals surface area (Å²) in [6.45, 7) is 0. The lowest BCUT2D eigenvalue weighted by molar-refractivity contribution is 0.176. The van der Waals surface area contributed by atoms with Gasteiger partial charge < -0.3 is 14.9 Å². The van der Waals surface area contributed by atoms with Crippen molar-refractivity contribution in [3.63, 3.8) is 0 Å². The van der Waals surface area contributed by atoms with Gasteiger partial charge in [-0.25, -0.2) is 0 Å². The fraction of sp³-hybridized carbons (Fsp3) is 0.200. The molecule has 0 radical (unpaired) electrons. The first-order valence-corrected chi connectivity index (χ1v) is 6.00. The van der Waals surface area contributed by atoms with Gasteiger partial charge in [-0.2, -0.15) is 0 Å². The van der Waals surface area contributed by atoms with E-state index in [0.29, 0.717) is 0 Å². The van der Waals surface area contributed by atoms with Crippen LogP contribution in [0, 0.1) is 0 Å². The molecule has 0 aliphatic carbocycles. The molecular formula is C15H14O3.